The lowest BCUT2D eigenvalue weighted by molar-refractivity contribution is -0.143. The number of aliphatic carboxylic acids is 1. The molecule has 92 valence electrons. The third kappa shape index (κ3) is 8.18. The van der Waals surface area contributed by atoms with Gasteiger partial charge in [-0.05, 0) is 13.8 Å². The normalized spacial score (nSPS) is 10.9. The van der Waals surface area contributed by atoms with E-state index in [1.807, 2.05) is 0 Å². The minimum atomic E-state index is -1.13. The van der Waals surface area contributed by atoms with Crippen molar-refractivity contribution in [2.75, 3.05) is 19.8 Å². The van der Waals surface area contributed by atoms with Gasteiger partial charge in [0.15, 0.2) is 0 Å². The summed E-state index contributed by atoms with van der Waals surface area (Å²) in [6.07, 6.45) is 0. The molecule has 7 nitrogen and oxygen atoms in total. The largest absolute Gasteiger partial charge is 0.480 e. The smallest absolute Gasteiger partial charge is 0.329 e. The average molecular weight is 250 g/mol. The molecule has 16 heavy (non-hydrogen) atoms. The number of carboxylic acids is 1. The topological polar surface area (TPSA) is 105 Å². The Balaban J connectivity index is 3.72. The number of rotatable bonds is 8. The number of nitroso groups, excluding NO2 is 1. The lowest BCUT2D eigenvalue weighted by Crippen LogP contribution is -2.38. The molecule has 0 fully saturated rings. The molecule has 0 spiro atoms. The fraction of sp³-hybridized carbons (Fsp3) is 0.750. The fourth-order valence-electron chi connectivity index (χ4n) is 0.727. The van der Waals surface area contributed by atoms with Crippen molar-refractivity contribution in [3.63, 3.8) is 0 Å². The molecule has 0 radical (unpaired) electrons. The second kappa shape index (κ2) is 7.18. The summed E-state index contributed by atoms with van der Waals surface area (Å²) in [6.45, 7) is 2.91. The standard InChI is InChI=1S/C8H14N2O5S/c1-8(2,16-10-14)5-9-6(11)3-15-4-7(12)13/h3-5H2,1-2H3,(H,9,11)(H,12,13). The Morgan fingerprint density at radius 3 is 2.56 bits per heavy atom. The van der Waals surface area contributed by atoms with Gasteiger partial charge >= 0.3 is 5.97 Å². The van der Waals surface area contributed by atoms with Crippen LogP contribution >= 0.6 is 11.9 Å². The van der Waals surface area contributed by atoms with Crippen LogP contribution in [0.1, 0.15) is 13.8 Å². The summed E-state index contributed by atoms with van der Waals surface area (Å²) < 4.78 is 6.76. The second-order valence-corrected chi connectivity index (χ2v) is 5.03. The van der Waals surface area contributed by atoms with Gasteiger partial charge in [-0.25, -0.2) is 4.79 Å². The van der Waals surface area contributed by atoms with E-state index in [0.29, 0.717) is 0 Å². The second-order valence-electron chi connectivity index (χ2n) is 3.59. The first-order valence-corrected chi connectivity index (χ1v) is 5.22. The van der Waals surface area contributed by atoms with Crippen LogP contribution in [0.4, 0.5) is 0 Å². The van der Waals surface area contributed by atoms with Gasteiger partial charge in [0, 0.05) is 23.1 Å². The molecule has 0 heterocycles. The molecular weight excluding hydrogens is 236 g/mol. The molecule has 0 saturated carbocycles. The molecule has 0 saturated heterocycles. The van der Waals surface area contributed by atoms with E-state index < -0.39 is 23.2 Å². The van der Waals surface area contributed by atoms with Crippen LogP contribution in [-0.4, -0.2) is 41.5 Å². The van der Waals surface area contributed by atoms with E-state index in [1.165, 1.54) is 0 Å². The van der Waals surface area contributed by atoms with Gasteiger partial charge in [0.25, 0.3) is 0 Å². The predicted octanol–water partition coefficient (Wildman–Crippen LogP) is 0.397. The van der Waals surface area contributed by atoms with Crippen molar-refractivity contribution in [3.05, 3.63) is 4.91 Å². The SMILES string of the molecule is CC(C)(CNC(=O)COCC(=O)O)SN=O. The summed E-state index contributed by atoms with van der Waals surface area (Å²) in [4.78, 5) is 31.2. The van der Waals surface area contributed by atoms with E-state index >= 15 is 0 Å². The number of nitrogens with zero attached hydrogens (tertiary/aromatic N) is 1. The van der Waals surface area contributed by atoms with E-state index in [2.05, 4.69) is 14.6 Å². The third-order valence-electron chi connectivity index (χ3n) is 1.45. The van der Waals surface area contributed by atoms with Crippen molar-refractivity contribution in [3.8, 4) is 0 Å². The number of carboxylic acid groups (broad SMARTS) is 1. The molecule has 0 aromatic carbocycles. The molecule has 8 heteroatoms. The maximum atomic E-state index is 11.1. The minimum absolute atomic E-state index is 0.249. The van der Waals surface area contributed by atoms with Gasteiger partial charge in [-0.2, -0.15) is 0 Å². The number of amides is 1. The summed E-state index contributed by atoms with van der Waals surface area (Å²) in [5.74, 6) is -1.56. The highest BCUT2D eigenvalue weighted by molar-refractivity contribution is 7.99. The zero-order chi connectivity index (χ0) is 12.6. The lowest BCUT2D eigenvalue weighted by Gasteiger charge is -2.19. The first-order valence-electron chi connectivity index (χ1n) is 4.44. The molecular formula is C8H14N2O5S. The number of carbonyl (C=O) groups excluding carboxylic acids is 1. The average Bonchev–Trinajstić information content (AvgIpc) is 2.14. The van der Waals surface area contributed by atoms with E-state index in [0.717, 1.165) is 11.9 Å². The van der Waals surface area contributed by atoms with E-state index in [1.54, 1.807) is 13.8 Å². The molecule has 1 amide bonds. The van der Waals surface area contributed by atoms with Crippen LogP contribution in [0.2, 0.25) is 0 Å². The van der Waals surface area contributed by atoms with Crippen LogP contribution in [0, 0.1) is 4.91 Å². The van der Waals surface area contributed by atoms with E-state index in [4.69, 9.17) is 5.11 Å². The molecule has 0 rings (SSSR count). The van der Waals surface area contributed by atoms with Crippen LogP contribution in [0.15, 0.2) is 4.58 Å². The number of hydrogen-bond acceptors (Lipinski definition) is 6. The van der Waals surface area contributed by atoms with Crippen molar-refractivity contribution in [2.45, 2.75) is 18.6 Å². The Morgan fingerprint density at radius 2 is 2.06 bits per heavy atom. The highest BCUT2D eigenvalue weighted by Crippen LogP contribution is 2.23. The summed E-state index contributed by atoms with van der Waals surface area (Å²) in [5.41, 5.74) is 0. The van der Waals surface area contributed by atoms with E-state index in [9.17, 15) is 14.5 Å². The maximum Gasteiger partial charge on any atom is 0.329 e. The Kier molecular flexibility index (Phi) is 6.66. The molecule has 0 aromatic rings. The summed E-state index contributed by atoms with van der Waals surface area (Å²) in [5, 5.41) is 10.8. The fourth-order valence-corrected chi connectivity index (χ4v) is 1.07. The van der Waals surface area contributed by atoms with Gasteiger partial charge in [-0.15, -0.1) is 4.91 Å². The Morgan fingerprint density at radius 1 is 1.44 bits per heavy atom. The first-order chi connectivity index (χ1) is 7.37. The Labute approximate surface area is 97.0 Å². The van der Waals surface area contributed by atoms with Crippen molar-refractivity contribution < 1.29 is 19.4 Å². The Hall–Kier alpha value is -1.15. The number of nitrogens with one attached hydrogen (secondary N) is 1. The predicted molar refractivity (Wildman–Crippen MR) is 58.9 cm³/mol. The quantitative estimate of drug-likeness (QED) is 0.477. The zero-order valence-corrected chi connectivity index (χ0v) is 9.87. The molecule has 0 aliphatic carbocycles. The summed E-state index contributed by atoms with van der Waals surface area (Å²) in [7, 11) is 0. The molecule has 0 bridgehead atoms. The van der Waals surface area contributed by atoms with Gasteiger partial charge in [-0.1, -0.05) is 0 Å². The van der Waals surface area contributed by atoms with Crippen LogP contribution < -0.4 is 5.32 Å². The summed E-state index contributed by atoms with van der Waals surface area (Å²) >= 11 is 0.824. The molecule has 2 N–H and O–H groups in total. The molecule has 0 aliphatic heterocycles. The Bertz CT molecular complexity index is 269. The maximum absolute atomic E-state index is 11.1. The van der Waals surface area contributed by atoms with Gasteiger partial charge < -0.3 is 15.2 Å². The van der Waals surface area contributed by atoms with Gasteiger partial charge in [-0.3, -0.25) is 4.79 Å². The van der Waals surface area contributed by atoms with Crippen molar-refractivity contribution >= 4 is 23.8 Å². The third-order valence-corrected chi connectivity index (χ3v) is 2.17. The highest BCUT2D eigenvalue weighted by Gasteiger charge is 2.20. The minimum Gasteiger partial charge on any atom is -0.480 e. The highest BCUT2D eigenvalue weighted by atomic mass is 32.2. The summed E-state index contributed by atoms with van der Waals surface area (Å²) in [6, 6.07) is 0. The van der Waals surface area contributed by atoms with E-state index in [-0.39, 0.29) is 13.2 Å². The van der Waals surface area contributed by atoms with Gasteiger partial charge in [0.05, 0.1) is 4.75 Å². The molecule has 0 aromatic heterocycles. The van der Waals surface area contributed by atoms with Crippen LogP contribution in [-0.2, 0) is 14.3 Å². The van der Waals surface area contributed by atoms with Crippen LogP contribution in [0.5, 0.6) is 0 Å². The first kappa shape index (κ1) is 14.8. The zero-order valence-electron chi connectivity index (χ0n) is 9.06. The number of carbonyl (C=O) groups is 2. The monoisotopic (exact) mass is 250 g/mol. The van der Waals surface area contributed by atoms with Crippen molar-refractivity contribution in [2.24, 2.45) is 4.58 Å². The molecule has 0 aliphatic rings. The lowest BCUT2D eigenvalue weighted by atomic mass is 10.2. The van der Waals surface area contributed by atoms with Crippen LogP contribution in [0.3, 0.4) is 0 Å². The number of hydrogen-bond donors (Lipinski definition) is 2. The van der Waals surface area contributed by atoms with Gasteiger partial charge in [0.1, 0.15) is 13.2 Å². The van der Waals surface area contributed by atoms with Crippen LogP contribution in [0.25, 0.3) is 0 Å². The molecule has 0 unspecified atom stereocenters. The molecule has 0 atom stereocenters. The number of ether oxygens (including phenoxy) is 1. The van der Waals surface area contributed by atoms with Crippen molar-refractivity contribution in [1.82, 2.24) is 5.32 Å². The van der Waals surface area contributed by atoms with Crippen molar-refractivity contribution in [1.29, 1.82) is 0 Å². The van der Waals surface area contributed by atoms with Gasteiger partial charge in [0.2, 0.25) is 5.91 Å².